The molecule has 140 valence electrons. The second-order valence-electron chi connectivity index (χ2n) is 5.93. The van der Waals surface area contributed by atoms with Gasteiger partial charge in [-0.3, -0.25) is 10.0 Å². The first-order chi connectivity index (χ1) is 13.1. The molecule has 1 N–H and O–H groups in total. The van der Waals surface area contributed by atoms with E-state index in [2.05, 4.69) is 10.6 Å². The van der Waals surface area contributed by atoms with E-state index in [9.17, 15) is 4.79 Å². The van der Waals surface area contributed by atoms with Crippen molar-refractivity contribution in [2.75, 3.05) is 24.7 Å². The maximum Gasteiger partial charge on any atom is 0.354 e. The van der Waals surface area contributed by atoms with Crippen molar-refractivity contribution in [3.05, 3.63) is 64.7 Å². The summed E-state index contributed by atoms with van der Waals surface area (Å²) in [6.45, 7) is 4.83. The summed E-state index contributed by atoms with van der Waals surface area (Å²) in [5.74, 6) is -0.447. The predicted octanol–water partition coefficient (Wildman–Crippen LogP) is 3.44. The van der Waals surface area contributed by atoms with Crippen LogP contribution in [0.5, 0.6) is 0 Å². The lowest BCUT2D eigenvalue weighted by Crippen LogP contribution is -2.37. The van der Waals surface area contributed by atoms with Gasteiger partial charge < -0.3 is 4.74 Å². The van der Waals surface area contributed by atoms with Gasteiger partial charge in [0, 0.05) is 16.1 Å². The molecule has 3 rings (SSSR count). The Labute approximate surface area is 163 Å². The first-order valence-corrected chi connectivity index (χ1v) is 9.12. The van der Waals surface area contributed by atoms with Crippen LogP contribution in [0, 0.1) is 0 Å². The molecule has 7 heteroatoms. The van der Waals surface area contributed by atoms with E-state index in [1.165, 1.54) is 0 Å². The zero-order chi connectivity index (χ0) is 19.2. The molecule has 0 saturated heterocycles. The zero-order valence-corrected chi connectivity index (χ0v) is 16.0. The monoisotopic (exact) mass is 384 g/mol. The molecular weight excluding hydrogens is 364 g/mol. The van der Waals surface area contributed by atoms with Crippen molar-refractivity contribution < 1.29 is 9.53 Å². The lowest BCUT2D eigenvalue weighted by molar-refractivity contribution is -0.135. The molecule has 0 spiro atoms. The number of rotatable bonds is 5. The van der Waals surface area contributed by atoms with E-state index in [1.54, 1.807) is 13.8 Å². The summed E-state index contributed by atoms with van der Waals surface area (Å²) in [5.41, 5.74) is 6.90. The summed E-state index contributed by atoms with van der Waals surface area (Å²) in [6.07, 6.45) is 0. The van der Waals surface area contributed by atoms with Crippen molar-refractivity contribution in [1.82, 2.24) is 5.53 Å². The number of benzodiazepines with no additional fused rings is 1. The van der Waals surface area contributed by atoms with Crippen molar-refractivity contribution in [3.63, 3.8) is 0 Å². The zero-order valence-electron chi connectivity index (χ0n) is 15.3. The molecule has 0 atom stereocenters. The number of carbonyl (C=O) groups excluding carboxylic acids is 1. The van der Waals surface area contributed by atoms with Crippen LogP contribution in [0.4, 0.5) is 5.69 Å². The van der Waals surface area contributed by atoms with E-state index >= 15 is 0 Å². The summed E-state index contributed by atoms with van der Waals surface area (Å²) in [5, 5.41) is 6.65. The van der Waals surface area contributed by atoms with Gasteiger partial charge in [0.15, 0.2) is 0 Å². The number of anilines is 1. The Hall–Kier alpha value is -2.86. The second-order valence-corrected chi connectivity index (χ2v) is 6.36. The number of hydrazone groups is 1. The standard InChI is InChI=1S/C20H21ClN4O2/c1-3-27-20(26)14(2)23-24-25-12-11-22-19(15-7-5-4-6-8-15)17-13-16(21)9-10-18(17)25/h4-10,13,24H,3,11-12H2,1-2H3. The van der Waals surface area contributed by atoms with Crippen LogP contribution in [-0.4, -0.2) is 37.1 Å². The molecular formula is C20H21ClN4O2. The van der Waals surface area contributed by atoms with Gasteiger partial charge in [-0.1, -0.05) is 41.9 Å². The van der Waals surface area contributed by atoms with Crippen LogP contribution in [0.15, 0.2) is 58.6 Å². The van der Waals surface area contributed by atoms with Gasteiger partial charge in [0.1, 0.15) is 5.71 Å². The minimum atomic E-state index is -0.447. The van der Waals surface area contributed by atoms with E-state index in [1.807, 2.05) is 53.5 Å². The molecule has 0 aliphatic carbocycles. The third-order valence-corrected chi connectivity index (χ3v) is 4.29. The summed E-state index contributed by atoms with van der Waals surface area (Å²) < 4.78 is 4.96. The van der Waals surface area contributed by atoms with Gasteiger partial charge in [-0.2, -0.15) is 5.10 Å². The number of hydrogen-bond donors (Lipinski definition) is 1. The van der Waals surface area contributed by atoms with Crippen molar-refractivity contribution in [2.45, 2.75) is 13.8 Å². The van der Waals surface area contributed by atoms with E-state index < -0.39 is 5.97 Å². The normalized spacial score (nSPS) is 14.1. The van der Waals surface area contributed by atoms with Crippen molar-refractivity contribution in [3.8, 4) is 0 Å². The van der Waals surface area contributed by atoms with Crippen LogP contribution in [0.1, 0.15) is 25.0 Å². The first-order valence-electron chi connectivity index (χ1n) is 8.74. The molecule has 0 aromatic heterocycles. The van der Waals surface area contributed by atoms with Crippen LogP contribution in [0.25, 0.3) is 0 Å². The third-order valence-electron chi connectivity index (χ3n) is 4.05. The van der Waals surface area contributed by atoms with Gasteiger partial charge in [-0.05, 0) is 32.0 Å². The molecule has 0 fully saturated rings. The van der Waals surface area contributed by atoms with Gasteiger partial charge in [-0.15, -0.1) is 0 Å². The predicted molar refractivity (Wildman–Crippen MR) is 109 cm³/mol. The van der Waals surface area contributed by atoms with Crippen LogP contribution in [0.2, 0.25) is 5.02 Å². The number of benzene rings is 2. The number of hydrogen-bond acceptors (Lipinski definition) is 6. The van der Waals surface area contributed by atoms with Crippen molar-refractivity contribution >= 4 is 34.7 Å². The highest BCUT2D eigenvalue weighted by molar-refractivity contribution is 6.35. The maximum atomic E-state index is 11.8. The molecule has 1 aliphatic rings. The molecule has 2 aromatic rings. The van der Waals surface area contributed by atoms with Crippen molar-refractivity contribution in [2.24, 2.45) is 10.1 Å². The number of hydrazine groups is 1. The number of nitrogens with one attached hydrogen (secondary N) is 1. The van der Waals surface area contributed by atoms with E-state index in [-0.39, 0.29) is 5.71 Å². The van der Waals surface area contributed by atoms with E-state index in [0.717, 1.165) is 22.5 Å². The Balaban J connectivity index is 1.93. The fraction of sp³-hybridized carbons (Fsp3) is 0.250. The highest BCUT2D eigenvalue weighted by Gasteiger charge is 2.20. The Morgan fingerprint density at radius 2 is 2.07 bits per heavy atom. The Morgan fingerprint density at radius 3 is 2.81 bits per heavy atom. The minimum absolute atomic E-state index is 0.251. The third kappa shape index (κ3) is 4.46. The highest BCUT2D eigenvalue weighted by atomic mass is 35.5. The smallest absolute Gasteiger partial charge is 0.354 e. The number of nitrogens with zero attached hydrogens (tertiary/aromatic N) is 3. The Bertz CT molecular complexity index is 881. The van der Waals surface area contributed by atoms with Gasteiger partial charge in [0.25, 0.3) is 0 Å². The molecule has 6 nitrogen and oxygen atoms in total. The molecule has 0 saturated carbocycles. The number of fused-ring (bicyclic) bond motifs is 1. The van der Waals surface area contributed by atoms with E-state index in [0.29, 0.717) is 24.7 Å². The first kappa shape index (κ1) is 18.9. The highest BCUT2D eigenvalue weighted by Crippen LogP contribution is 2.28. The van der Waals surface area contributed by atoms with Crippen LogP contribution < -0.4 is 10.5 Å². The van der Waals surface area contributed by atoms with Gasteiger partial charge in [0.05, 0.1) is 31.1 Å². The summed E-state index contributed by atoms with van der Waals surface area (Å²) in [6, 6.07) is 15.6. The molecule has 0 amide bonds. The number of aliphatic imine (C=N–C) groups is 1. The van der Waals surface area contributed by atoms with Crippen LogP contribution in [-0.2, 0) is 9.53 Å². The quantitative estimate of drug-likeness (QED) is 0.487. The summed E-state index contributed by atoms with van der Waals surface area (Å²) >= 11 is 6.25. The second kappa shape index (κ2) is 8.68. The number of carbonyl (C=O) groups is 1. The molecule has 0 bridgehead atoms. The Morgan fingerprint density at radius 1 is 1.30 bits per heavy atom. The fourth-order valence-corrected chi connectivity index (χ4v) is 2.94. The van der Waals surface area contributed by atoms with Gasteiger partial charge in [-0.25, -0.2) is 10.3 Å². The fourth-order valence-electron chi connectivity index (χ4n) is 2.76. The molecule has 27 heavy (non-hydrogen) atoms. The molecule has 2 aromatic carbocycles. The molecule has 0 radical (unpaired) electrons. The average Bonchev–Trinajstić information content (AvgIpc) is 2.86. The molecule has 1 heterocycles. The summed E-state index contributed by atoms with van der Waals surface area (Å²) in [4.78, 5) is 16.5. The number of ether oxygens (including phenoxy) is 1. The van der Waals surface area contributed by atoms with Crippen LogP contribution in [0.3, 0.4) is 0 Å². The van der Waals surface area contributed by atoms with Crippen molar-refractivity contribution in [1.29, 1.82) is 0 Å². The van der Waals surface area contributed by atoms with E-state index in [4.69, 9.17) is 21.3 Å². The average molecular weight is 385 g/mol. The Kier molecular flexibility index (Phi) is 6.08. The molecule has 1 aliphatic heterocycles. The van der Waals surface area contributed by atoms with Crippen LogP contribution >= 0.6 is 11.6 Å². The lowest BCUT2D eigenvalue weighted by Gasteiger charge is -2.24. The maximum absolute atomic E-state index is 11.8. The largest absolute Gasteiger partial charge is 0.461 e. The molecule has 0 unspecified atom stereocenters. The minimum Gasteiger partial charge on any atom is -0.461 e. The van der Waals surface area contributed by atoms with Gasteiger partial charge in [0.2, 0.25) is 0 Å². The SMILES string of the molecule is CCOC(=O)C(C)=NNN1CCN=C(c2ccccc2)c2cc(Cl)ccc21. The summed E-state index contributed by atoms with van der Waals surface area (Å²) in [7, 11) is 0. The number of esters is 1. The topological polar surface area (TPSA) is 66.3 Å². The lowest BCUT2D eigenvalue weighted by atomic mass is 10.0. The number of halogens is 1. The van der Waals surface area contributed by atoms with Gasteiger partial charge >= 0.3 is 5.97 Å².